The number of piperidine rings is 1. The van der Waals surface area contributed by atoms with E-state index in [1.807, 2.05) is 0 Å². The van der Waals surface area contributed by atoms with Crippen LogP contribution in [0, 0.1) is 12.8 Å². The monoisotopic (exact) mass is 308 g/mol. The number of hydrogen-bond donors (Lipinski definition) is 1. The molecule has 0 radical (unpaired) electrons. The molecule has 18 heavy (non-hydrogen) atoms. The molecule has 2 aliphatic rings. The molecule has 0 aromatic heterocycles. The first-order valence-corrected chi connectivity index (χ1v) is 7.78. The van der Waals surface area contributed by atoms with Gasteiger partial charge in [0.1, 0.15) is 0 Å². The van der Waals surface area contributed by atoms with Crippen LogP contribution in [0.4, 0.5) is 11.4 Å². The predicted octanol–water partition coefficient (Wildman–Crippen LogP) is 4.11. The first-order chi connectivity index (χ1) is 8.66. The molecule has 2 unspecified atom stereocenters. The summed E-state index contributed by atoms with van der Waals surface area (Å²) in [5.74, 6) is 0.920. The van der Waals surface area contributed by atoms with Gasteiger partial charge in [-0.05, 0) is 72.2 Å². The zero-order valence-corrected chi connectivity index (χ0v) is 12.5. The fraction of sp³-hybridized carbons (Fsp3) is 0.600. The Kier molecular flexibility index (Phi) is 3.27. The summed E-state index contributed by atoms with van der Waals surface area (Å²) in [5, 5.41) is 0. The van der Waals surface area contributed by atoms with Crippen molar-refractivity contribution in [3.8, 4) is 0 Å². The maximum absolute atomic E-state index is 5.98. The number of fused-ring (bicyclic) bond motifs is 1. The molecule has 2 atom stereocenters. The lowest BCUT2D eigenvalue weighted by Gasteiger charge is -2.40. The van der Waals surface area contributed by atoms with Gasteiger partial charge in [-0.2, -0.15) is 0 Å². The Morgan fingerprint density at radius 3 is 2.83 bits per heavy atom. The molecule has 2 N–H and O–H groups in total. The Labute approximate surface area is 118 Å². The minimum absolute atomic E-state index is 0.762. The lowest BCUT2D eigenvalue weighted by Crippen LogP contribution is -2.42. The van der Waals surface area contributed by atoms with Crippen LogP contribution in [0.1, 0.15) is 37.7 Å². The highest BCUT2D eigenvalue weighted by Crippen LogP contribution is 2.42. The molecule has 0 bridgehead atoms. The van der Waals surface area contributed by atoms with Gasteiger partial charge >= 0.3 is 0 Å². The standard InChI is InChI=1S/C15H21BrN2/c1-10-8-15(12(16)9-13(10)17)18-7-3-5-11-4-2-6-14(11)18/h8-9,11,14H,2-7,17H2,1H3. The van der Waals surface area contributed by atoms with Crippen LogP contribution in [0.15, 0.2) is 16.6 Å². The Balaban J connectivity index is 1.96. The first-order valence-electron chi connectivity index (χ1n) is 6.99. The molecule has 2 nitrogen and oxygen atoms in total. The SMILES string of the molecule is Cc1cc(N2CCCC3CCCC32)c(Br)cc1N. The van der Waals surface area contributed by atoms with Gasteiger partial charge in [-0.15, -0.1) is 0 Å². The van der Waals surface area contributed by atoms with Crippen molar-refractivity contribution in [2.75, 3.05) is 17.2 Å². The number of nitrogens with two attached hydrogens (primary N) is 1. The average molecular weight is 309 g/mol. The fourth-order valence-corrected chi connectivity index (χ4v) is 4.24. The summed E-state index contributed by atoms with van der Waals surface area (Å²) in [5.41, 5.74) is 9.39. The Morgan fingerprint density at radius 1 is 1.22 bits per heavy atom. The normalized spacial score (nSPS) is 27.3. The molecule has 1 saturated heterocycles. The van der Waals surface area contributed by atoms with Crippen molar-refractivity contribution in [3.05, 3.63) is 22.2 Å². The maximum atomic E-state index is 5.98. The summed E-state index contributed by atoms with van der Waals surface area (Å²) >= 11 is 3.69. The van der Waals surface area contributed by atoms with Crippen LogP contribution in [0.3, 0.4) is 0 Å². The number of nitrogens with zero attached hydrogens (tertiary/aromatic N) is 1. The van der Waals surface area contributed by atoms with Gasteiger partial charge in [-0.3, -0.25) is 0 Å². The van der Waals surface area contributed by atoms with E-state index in [4.69, 9.17) is 5.73 Å². The molecule has 0 amide bonds. The summed E-state index contributed by atoms with van der Waals surface area (Å²) < 4.78 is 1.15. The molecule has 1 aliphatic heterocycles. The predicted molar refractivity (Wildman–Crippen MR) is 81.0 cm³/mol. The molecule has 0 spiro atoms. The molecule has 1 aromatic carbocycles. The topological polar surface area (TPSA) is 29.3 Å². The Hall–Kier alpha value is -0.700. The van der Waals surface area contributed by atoms with Gasteiger partial charge in [-0.1, -0.05) is 6.42 Å². The van der Waals surface area contributed by atoms with Crippen LogP contribution in [0.5, 0.6) is 0 Å². The highest BCUT2D eigenvalue weighted by Gasteiger charge is 2.35. The van der Waals surface area contributed by atoms with E-state index < -0.39 is 0 Å². The fourth-order valence-electron chi connectivity index (χ4n) is 3.65. The molecule has 1 heterocycles. The smallest absolute Gasteiger partial charge is 0.0517 e. The number of anilines is 2. The lowest BCUT2D eigenvalue weighted by molar-refractivity contribution is 0.362. The lowest BCUT2D eigenvalue weighted by atomic mass is 9.91. The van der Waals surface area contributed by atoms with E-state index in [9.17, 15) is 0 Å². The molecule has 3 rings (SSSR count). The Bertz CT molecular complexity index is 458. The third kappa shape index (κ3) is 2.03. The summed E-state index contributed by atoms with van der Waals surface area (Å²) in [6.07, 6.45) is 6.94. The second kappa shape index (κ2) is 4.76. The molecule has 1 saturated carbocycles. The molecule has 1 aromatic rings. The van der Waals surface area contributed by atoms with Gasteiger partial charge in [-0.25, -0.2) is 0 Å². The number of hydrogen-bond acceptors (Lipinski definition) is 2. The van der Waals surface area contributed by atoms with Crippen LogP contribution in [0.2, 0.25) is 0 Å². The number of nitrogen functional groups attached to an aromatic ring is 1. The van der Waals surface area contributed by atoms with Gasteiger partial charge in [0.15, 0.2) is 0 Å². The van der Waals surface area contributed by atoms with Crippen LogP contribution in [0.25, 0.3) is 0 Å². The van der Waals surface area contributed by atoms with Gasteiger partial charge < -0.3 is 10.6 Å². The zero-order valence-electron chi connectivity index (χ0n) is 11.0. The number of halogens is 1. The molecule has 3 heteroatoms. The molecular weight excluding hydrogens is 288 g/mol. The number of benzene rings is 1. The molecule has 2 fully saturated rings. The third-order valence-corrected chi connectivity index (χ3v) is 5.27. The number of rotatable bonds is 1. The zero-order chi connectivity index (χ0) is 12.7. The number of aryl methyl sites for hydroxylation is 1. The quantitative estimate of drug-likeness (QED) is 0.791. The van der Waals surface area contributed by atoms with Gasteiger partial charge in [0, 0.05) is 22.7 Å². The van der Waals surface area contributed by atoms with E-state index in [1.165, 1.54) is 49.9 Å². The molecule has 98 valence electrons. The summed E-state index contributed by atoms with van der Waals surface area (Å²) in [6.45, 7) is 3.30. The summed E-state index contributed by atoms with van der Waals surface area (Å²) in [7, 11) is 0. The van der Waals surface area contributed by atoms with Crippen molar-refractivity contribution in [2.45, 2.75) is 45.1 Å². The van der Waals surface area contributed by atoms with Crippen LogP contribution in [-0.4, -0.2) is 12.6 Å². The summed E-state index contributed by atoms with van der Waals surface area (Å²) in [4.78, 5) is 2.62. The van der Waals surface area contributed by atoms with Crippen LogP contribution < -0.4 is 10.6 Å². The van der Waals surface area contributed by atoms with Crippen molar-refractivity contribution < 1.29 is 0 Å². The largest absolute Gasteiger partial charge is 0.398 e. The molecule has 1 aliphatic carbocycles. The van der Waals surface area contributed by atoms with E-state index in [1.54, 1.807) is 0 Å². The van der Waals surface area contributed by atoms with Gasteiger partial charge in [0.2, 0.25) is 0 Å². The average Bonchev–Trinajstić information content (AvgIpc) is 2.82. The third-order valence-electron chi connectivity index (χ3n) is 4.64. The van der Waals surface area contributed by atoms with Gasteiger partial charge in [0.25, 0.3) is 0 Å². The van der Waals surface area contributed by atoms with E-state index >= 15 is 0 Å². The van der Waals surface area contributed by atoms with Crippen LogP contribution in [-0.2, 0) is 0 Å². The minimum atomic E-state index is 0.762. The first kappa shape index (κ1) is 12.3. The van der Waals surface area contributed by atoms with E-state index in [0.717, 1.165) is 22.1 Å². The van der Waals surface area contributed by atoms with Crippen molar-refractivity contribution in [1.82, 2.24) is 0 Å². The second-order valence-electron chi connectivity index (χ2n) is 5.75. The van der Waals surface area contributed by atoms with Gasteiger partial charge in [0.05, 0.1) is 5.69 Å². The van der Waals surface area contributed by atoms with Crippen LogP contribution >= 0.6 is 15.9 Å². The van der Waals surface area contributed by atoms with E-state index in [0.29, 0.717) is 0 Å². The second-order valence-corrected chi connectivity index (χ2v) is 6.61. The van der Waals surface area contributed by atoms with E-state index in [2.05, 4.69) is 39.9 Å². The maximum Gasteiger partial charge on any atom is 0.0517 e. The van der Waals surface area contributed by atoms with E-state index in [-0.39, 0.29) is 0 Å². The highest BCUT2D eigenvalue weighted by atomic mass is 79.9. The molecular formula is C15H21BrN2. The van der Waals surface area contributed by atoms with Crippen molar-refractivity contribution in [3.63, 3.8) is 0 Å². The Morgan fingerprint density at radius 2 is 2.00 bits per heavy atom. The summed E-state index contributed by atoms with van der Waals surface area (Å²) in [6, 6.07) is 5.07. The minimum Gasteiger partial charge on any atom is -0.398 e. The highest BCUT2D eigenvalue weighted by molar-refractivity contribution is 9.10. The van der Waals surface area contributed by atoms with Crippen molar-refractivity contribution >= 4 is 27.3 Å². The van der Waals surface area contributed by atoms with Crippen molar-refractivity contribution in [2.24, 2.45) is 5.92 Å². The van der Waals surface area contributed by atoms with Crippen molar-refractivity contribution in [1.29, 1.82) is 0 Å².